The van der Waals surface area contributed by atoms with E-state index in [2.05, 4.69) is 10.6 Å². The molecule has 1 aliphatic rings. The van der Waals surface area contributed by atoms with Crippen molar-refractivity contribution in [2.45, 2.75) is 25.1 Å². The van der Waals surface area contributed by atoms with E-state index in [0.717, 1.165) is 0 Å². The molecule has 2 atom stereocenters. The number of carbonyl (C=O) groups excluding carboxylic acids is 1. The lowest BCUT2D eigenvalue weighted by Crippen LogP contribution is -2.40. The van der Waals surface area contributed by atoms with Crippen molar-refractivity contribution in [3.8, 4) is 5.75 Å². The van der Waals surface area contributed by atoms with Crippen molar-refractivity contribution in [1.82, 2.24) is 10.6 Å². The largest absolute Gasteiger partial charge is 0.494 e. The molecule has 0 unspecified atom stereocenters. The van der Waals surface area contributed by atoms with Gasteiger partial charge in [-0.05, 0) is 24.1 Å². The predicted octanol–water partition coefficient (Wildman–Crippen LogP) is 0.173. The Morgan fingerprint density at radius 2 is 2.42 bits per heavy atom. The fraction of sp³-hybridized carbons (Fsp3) is 0.462. The van der Waals surface area contributed by atoms with E-state index in [-0.39, 0.29) is 24.2 Å². The summed E-state index contributed by atoms with van der Waals surface area (Å²) in [5.74, 6) is -0.466. The molecule has 1 aliphatic heterocycles. The lowest BCUT2D eigenvalue weighted by Gasteiger charge is -2.11. The number of nitrogens with one attached hydrogen (secondary N) is 2. The fourth-order valence-electron chi connectivity index (χ4n) is 2.05. The van der Waals surface area contributed by atoms with E-state index in [4.69, 9.17) is 4.74 Å². The van der Waals surface area contributed by atoms with Crippen LogP contribution in [0, 0.1) is 5.82 Å². The Labute approximate surface area is 110 Å². The molecule has 1 aromatic carbocycles. The van der Waals surface area contributed by atoms with Gasteiger partial charge in [0.05, 0.1) is 19.3 Å². The van der Waals surface area contributed by atoms with E-state index in [0.29, 0.717) is 18.5 Å². The molecule has 0 spiro atoms. The highest BCUT2D eigenvalue weighted by atomic mass is 19.1. The van der Waals surface area contributed by atoms with Crippen LogP contribution in [0.25, 0.3) is 0 Å². The molecule has 0 aliphatic carbocycles. The first-order valence-corrected chi connectivity index (χ1v) is 6.11. The zero-order valence-corrected chi connectivity index (χ0v) is 10.6. The Morgan fingerprint density at radius 3 is 3.00 bits per heavy atom. The average Bonchev–Trinajstić information content (AvgIpc) is 2.83. The fourth-order valence-corrected chi connectivity index (χ4v) is 2.05. The van der Waals surface area contributed by atoms with E-state index in [1.54, 1.807) is 6.07 Å². The van der Waals surface area contributed by atoms with Crippen molar-refractivity contribution in [2.24, 2.45) is 0 Å². The molecular weight excluding hydrogens is 251 g/mol. The molecule has 1 heterocycles. The second-order valence-electron chi connectivity index (χ2n) is 4.54. The molecule has 1 aromatic rings. The van der Waals surface area contributed by atoms with Crippen molar-refractivity contribution < 1.29 is 19.0 Å². The molecule has 1 saturated heterocycles. The van der Waals surface area contributed by atoms with E-state index < -0.39 is 11.9 Å². The third kappa shape index (κ3) is 3.42. The number of β-amino-alcohol motifs (C(OH)–C–C–N with tert-alkyl or cyclic N) is 1. The number of amides is 1. The molecule has 3 N–H and O–H groups in total. The quantitative estimate of drug-likeness (QED) is 0.728. The number of carbonyl (C=O) groups is 1. The van der Waals surface area contributed by atoms with Crippen LogP contribution in [0.2, 0.25) is 0 Å². The highest BCUT2D eigenvalue weighted by Gasteiger charge is 2.27. The Morgan fingerprint density at radius 1 is 1.63 bits per heavy atom. The summed E-state index contributed by atoms with van der Waals surface area (Å²) in [7, 11) is 1.40. The first-order valence-electron chi connectivity index (χ1n) is 6.11. The Kier molecular flexibility index (Phi) is 4.34. The first kappa shape index (κ1) is 13.8. The molecular formula is C13H17FN2O3. The number of ether oxygens (including phenoxy) is 1. The van der Waals surface area contributed by atoms with E-state index in [1.165, 1.54) is 19.2 Å². The minimum absolute atomic E-state index is 0.177. The minimum Gasteiger partial charge on any atom is -0.494 e. The summed E-state index contributed by atoms with van der Waals surface area (Å²) in [4.78, 5) is 11.8. The van der Waals surface area contributed by atoms with Gasteiger partial charge in [-0.3, -0.25) is 4.79 Å². The normalized spacial score (nSPS) is 22.3. The molecule has 104 valence electrons. The smallest absolute Gasteiger partial charge is 0.237 e. The van der Waals surface area contributed by atoms with Gasteiger partial charge < -0.3 is 20.5 Å². The van der Waals surface area contributed by atoms with Crippen molar-refractivity contribution in [3.05, 3.63) is 29.6 Å². The highest BCUT2D eigenvalue weighted by Crippen LogP contribution is 2.17. The maximum absolute atomic E-state index is 13.4. The standard InChI is InChI=1S/C13H17FN2O3/c1-19-12-3-2-8(4-10(12)14)6-16-13(18)11-5-9(17)7-15-11/h2-4,9,11,15,17H,5-7H2,1H3,(H,16,18)/t9-,11-/m1/s1. The van der Waals surface area contributed by atoms with Gasteiger partial charge in [0.25, 0.3) is 0 Å². The molecule has 0 bridgehead atoms. The third-order valence-electron chi connectivity index (χ3n) is 3.11. The second kappa shape index (κ2) is 5.99. The van der Waals surface area contributed by atoms with Gasteiger partial charge in [-0.25, -0.2) is 4.39 Å². The zero-order valence-electron chi connectivity index (χ0n) is 10.6. The Balaban J connectivity index is 1.88. The van der Waals surface area contributed by atoms with Gasteiger partial charge >= 0.3 is 0 Å². The third-order valence-corrected chi connectivity index (χ3v) is 3.11. The predicted molar refractivity (Wildman–Crippen MR) is 67.2 cm³/mol. The van der Waals surface area contributed by atoms with Crippen LogP contribution in [0.5, 0.6) is 5.75 Å². The number of aliphatic hydroxyl groups is 1. The average molecular weight is 268 g/mol. The molecule has 0 aromatic heterocycles. The van der Waals surface area contributed by atoms with Crippen molar-refractivity contribution in [3.63, 3.8) is 0 Å². The minimum atomic E-state index is -0.478. The monoisotopic (exact) mass is 268 g/mol. The highest BCUT2D eigenvalue weighted by molar-refractivity contribution is 5.82. The Bertz CT molecular complexity index is 467. The van der Waals surface area contributed by atoms with Crippen LogP contribution in [-0.2, 0) is 11.3 Å². The van der Waals surface area contributed by atoms with Crippen LogP contribution in [0.3, 0.4) is 0 Å². The summed E-state index contributed by atoms with van der Waals surface area (Å²) in [5, 5.41) is 14.9. The molecule has 2 rings (SSSR count). The summed E-state index contributed by atoms with van der Waals surface area (Å²) >= 11 is 0. The van der Waals surface area contributed by atoms with Gasteiger partial charge in [0.1, 0.15) is 0 Å². The molecule has 1 fully saturated rings. The van der Waals surface area contributed by atoms with Gasteiger partial charge in [-0.1, -0.05) is 6.07 Å². The van der Waals surface area contributed by atoms with Crippen LogP contribution in [0.15, 0.2) is 18.2 Å². The van der Waals surface area contributed by atoms with Crippen molar-refractivity contribution in [1.29, 1.82) is 0 Å². The van der Waals surface area contributed by atoms with Crippen LogP contribution >= 0.6 is 0 Å². The van der Waals surface area contributed by atoms with Crippen LogP contribution in [-0.4, -0.2) is 36.8 Å². The van der Waals surface area contributed by atoms with Crippen LogP contribution in [0.4, 0.5) is 4.39 Å². The topological polar surface area (TPSA) is 70.6 Å². The summed E-state index contributed by atoms with van der Waals surface area (Å²) in [6, 6.07) is 4.17. The zero-order chi connectivity index (χ0) is 13.8. The second-order valence-corrected chi connectivity index (χ2v) is 4.54. The number of benzene rings is 1. The lowest BCUT2D eigenvalue weighted by atomic mass is 10.1. The molecule has 0 radical (unpaired) electrons. The molecule has 1 amide bonds. The molecule has 0 saturated carbocycles. The number of hydrogen-bond acceptors (Lipinski definition) is 4. The van der Waals surface area contributed by atoms with Gasteiger partial charge in [-0.2, -0.15) is 0 Å². The first-order chi connectivity index (χ1) is 9.10. The van der Waals surface area contributed by atoms with Crippen LogP contribution in [0.1, 0.15) is 12.0 Å². The summed E-state index contributed by atoms with van der Waals surface area (Å²) in [6.45, 7) is 0.670. The van der Waals surface area contributed by atoms with E-state index in [9.17, 15) is 14.3 Å². The summed E-state index contributed by atoms with van der Waals surface area (Å²) < 4.78 is 18.3. The molecule has 6 heteroatoms. The molecule has 5 nitrogen and oxygen atoms in total. The Hall–Kier alpha value is -1.66. The van der Waals surface area contributed by atoms with Crippen LogP contribution < -0.4 is 15.4 Å². The number of hydrogen-bond donors (Lipinski definition) is 3. The number of rotatable bonds is 4. The maximum Gasteiger partial charge on any atom is 0.237 e. The van der Waals surface area contributed by atoms with Gasteiger partial charge in [-0.15, -0.1) is 0 Å². The van der Waals surface area contributed by atoms with Gasteiger partial charge in [0, 0.05) is 13.1 Å². The SMILES string of the molecule is COc1ccc(CNC(=O)[C@H]2C[C@@H](O)CN2)cc1F. The summed E-state index contributed by atoms with van der Waals surface area (Å²) in [6.07, 6.45) is -0.0720. The number of aliphatic hydroxyl groups excluding tert-OH is 1. The van der Waals surface area contributed by atoms with E-state index >= 15 is 0 Å². The number of methoxy groups -OCH3 is 1. The van der Waals surface area contributed by atoms with Gasteiger partial charge in [0.15, 0.2) is 11.6 Å². The number of halogens is 1. The van der Waals surface area contributed by atoms with Crippen molar-refractivity contribution in [2.75, 3.05) is 13.7 Å². The van der Waals surface area contributed by atoms with Gasteiger partial charge in [0.2, 0.25) is 5.91 Å². The maximum atomic E-state index is 13.4. The van der Waals surface area contributed by atoms with Crippen molar-refractivity contribution >= 4 is 5.91 Å². The lowest BCUT2D eigenvalue weighted by molar-refractivity contribution is -0.123. The molecule has 19 heavy (non-hydrogen) atoms. The summed E-state index contributed by atoms with van der Waals surface area (Å²) in [5.41, 5.74) is 0.658. The van der Waals surface area contributed by atoms with E-state index in [1.807, 2.05) is 0 Å².